The lowest BCUT2D eigenvalue weighted by molar-refractivity contribution is -0.141. The number of carbonyl (C=O) groups is 1. The summed E-state index contributed by atoms with van der Waals surface area (Å²) in [5.74, 6) is -1.01. The molecule has 1 fully saturated rings. The first-order chi connectivity index (χ1) is 7.33. The Morgan fingerprint density at radius 3 is 2.56 bits per heavy atom. The first-order valence-electron chi connectivity index (χ1n) is 4.68. The third-order valence-electron chi connectivity index (χ3n) is 2.78. The molecule has 1 aliphatic carbocycles. The summed E-state index contributed by atoms with van der Waals surface area (Å²) in [6.45, 7) is 0. The van der Waals surface area contributed by atoms with E-state index in [0.717, 1.165) is 6.07 Å². The molecule has 2 N–H and O–H groups in total. The normalized spacial score (nSPS) is 18.4. The number of aromatic amines is 1. The predicted octanol–water partition coefficient (Wildman–Crippen LogP) is 1.93. The minimum Gasteiger partial charge on any atom is -0.481 e. The number of aromatic nitrogens is 2. The van der Waals surface area contributed by atoms with Crippen LogP contribution in [0.15, 0.2) is 6.07 Å². The van der Waals surface area contributed by atoms with Gasteiger partial charge >= 0.3 is 12.1 Å². The molecule has 0 atom stereocenters. The van der Waals surface area contributed by atoms with Gasteiger partial charge in [0.25, 0.3) is 0 Å². The molecule has 88 valence electrons. The van der Waals surface area contributed by atoms with Gasteiger partial charge in [0.05, 0.1) is 6.42 Å². The summed E-state index contributed by atoms with van der Waals surface area (Å²) in [4.78, 5) is 10.6. The molecule has 4 nitrogen and oxygen atoms in total. The van der Waals surface area contributed by atoms with Crippen LogP contribution in [0.1, 0.15) is 30.7 Å². The quantitative estimate of drug-likeness (QED) is 0.839. The fourth-order valence-corrected chi connectivity index (χ4v) is 1.72. The molecule has 0 spiro atoms. The Morgan fingerprint density at radius 1 is 1.56 bits per heavy atom. The van der Waals surface area contributed by atoms with Gasteiger partial charge in [0.15, 0.2) is 5.69 Å². The fourth-order valence-electron chi connectivity index (χ4n) is 1.72. The van der Waals surface area contributed by atoms with E-state index >= 15 is 0 Å². The van der Waals surface area contributed by atoms with Crippen LogP contribution in [0.25, 0.3) is 0 Å². The molecule has 0 radical (unpaired) electrons. The van der Waals surface area contributed by atoms with E-state index in [-0.39, 0.29) is 12.1 Å². The number of hydrogen-bond acceptors (Lipinski definition) is 2. The standard InChI is InChI=1S/C9H9F3N2O2/c10-9(11,12)6-3-5(13-14-6)8(1-2-8)4-7(15)16/h3H,1-2,4H2,(H,13,14)(H,15,16). The number of aliphatic carboxylic acids is 1. The van der Waals surface area contributed by atoms with Gasteiger partial charge in [-0.25, -0.2) is 0 Å². The van der Waals surface area contributed by atoms with Crippen molar-refractivity contribution < 1.29 is 23.1 Å². The molecule has 1 heterocycles. The summed E-state index contributed by atoms with van der Waals surface area (Å²) < 4.78 is 36.8. The van der Waals surface area contributed by atoms with Crippen molar-refractivity contribution in [2.45, 2.75) is 30.9 Å². The topological polar surface area (TPSA) is 66.0 Å². The molecule has 0 aliphatic heterocycles. The van der Waals surface area contributed by atoms with Gasteiger partial charge in [-0.05, 0) is 18.9 Å². The van der Waals surface area contributed by atoms with Crippen LogP contribution in [0, 0.1) is 0 Å². The number of carboxylic acids is 1. The van der Waals surface area contributed by atoms with E-state index in [9.17, 15) is 18.0 Å². The van der Waals surface area contributed by atoms with Crippen molar-refractivity contribution in [2.24, 2.45) is 0 Å². The summed E-state index contributed by atoms with van der Waals surface area (Å²) in [5, 5.41) is 14.1. The highest BCUT2D eigenvalue weighted by Crippen LogP contribution is 2.50. The van der Waals surface area contributed by atoms with Gasteiger partial charge in [0.2, 0.25) is 0 Å². The van der Waals surface area contributed by atoms with E-state index < -0.39 is 23.3 Å². The molecule has 7 heteroatoms. The molecule has 0 bridgehead atoms. The SMILES string of the molecule is O=C(O)CC1(c2cc(C(F)(F)F)n[nH]2)CC1. The van der Waals surface area contributed by atoms with Crippen molar-refractivity contribution in [3.63, 3.8) is 0 Å². The first kappa shape index (κ1) is 11.0. The Bertz CT molecular complexity index is 421. The summed E-state index contributed by atoms with van der Waals surface area (Å²) >= 11 is 0. The molecular weight excluding hydrogens is 225 g/mol. The van der Waals surface area contributed by atoms with Crippen molar-refractivity contribution in [1.82, 2.24) is 10.2 Å². The highest BCUT2D eigenvalue weighted by atomic mass is 19.4. The highest BCUT2D eigenvalue weighted by molar-refractivity contribution is 5.69. The maximum atomic E-state index is 12.3. The Labute approximate surface area is 88.5 Å². The molecular formula is C9H9F3N2O2. The second-order valence-corrected chi connectivity index (χ2v) is 4.02. The van der Waals surface area contributed by atoms with Gasteiger partial charge < -0.3 is 5.11 Å². The second kappa shape index (κ2) is 3.23. The zero-order valence-electron chi connectivity index (χ0n) is 8.14. The maximum absolute atomic E-state index is 12.3. The van der Waals surface area contributed by atoms with E-state index in [0.29, 0.717) is 12.8 Å². The largest absolute Gasteiger partial charge is 0.481 e. The molecule has 1 aromatic rings. The number of alkyl halides is 3. The smallest absolute Gasteiger partial charge is 0.435 e. The highest BCUT2D eigenvalue weighted by Gasteiger charge is 2.48. The van der Waals surface area contributed by atoms with Gasteiger partial charge in [-0.15, -0.1) is 0 Å². The van der Waals surface area contributed by atoms with Gasteiger partial charge in [-0.3, -0.25) is 9.89 Å². The summed E-state index contributed by atoms with van der Waals surface area (Å²) in [7, 11) is 0. The van der Waals surface area contributed by atoms with Crippen molar-refractivity contribution in [3.8, 4) is 0 Å². The number of hydrogen-bond donors (Lipinski definition) is 2. The molecule has 1 aromatic heterocycles. The van der Waals surface area contributed by atoms with Crippen LogP contribution in [0.4, 0.5) is 13.2 Å². The summed E-state index contributed by atoms with van der Waals surface area (Å²) in [6, 6.07) is 0.899. The first-order valence-corrected chi connectivity index (χ1v) is 4.68. The molecule has 0 amide bonds. The number of rotatable bonds is 3. The Morgan fingerprint density at radius 2 is 2.19 bits per heavy atom. The number of halogens is 3. The lowest BCUT2D eigenvalue weighted by Crippen LogP contribution is -2.13. The van der Waals surface area contributed by atoms with Gasteiger partial charge in [0, 0.05) is 11.1 Å². The van der Waals surface area contributed by atoms with E-state index in [1.165, 1.54) is 0 Å². The van der Waals surface area contributed by atoms with E-state index in [1.807, 2.05) is 0 Å². The van der Waals surface area contributed by atoms with Gasteiger partial charge in [-0.1, -0.05) is 0 Å². The van der Waals surface area contributed by atoms with Crippen LogP contribution in [0.5, 0.6) is 0 Å². The average molecular weight is 234 g/mol. The van der Waals surface area contributed by atoms with Crippen LogP contribution < -0.4 is 0 Å². The average Bonchev–Trinajstić information content (AvgIpc) is 2.73. The van der Waals surface area contributed by atoms with Crippen molar-refractivity contribution in [3.05, 3.63) is 17.5 Å². The van der Waals surface area contributed by atoms with Crippen molar-refractivity contribution >= 4 is 5.97 Å². The monoisotopic (exact) mass is 234 g/mol. The van der Waals surface area contributed by atoms with Gasteiger partial charge in [0.1, 0.15) is 0 Å². The number of carboxylic acid groups (broad SMARTS) is 1. The molecule has 0 aromatic carbocycles. The zero-order chi connectivity index (χ0) is 12.0. The molecule has 0 saturated heterocycles. The Kier molecular flexibility index (Phi) is 2.21. The Hall–Kier alpha value is -1.53. The zero-order valence-corrected chi connectivity index (χ0v) is 8.14. The maximum Gasteiger partial charge on any atom is 0.435 e. The summed E-state index contributed by atoms with van der Waals surface area (Å²) in [6.07, 6.45) is -3.49. The third-order valence-corrected chi connectivity index (χ3v) is 2.78. The second-order valence-electron chi connectivity index (χ2n) is 4.02. The number of nitrogens with zero attached hydrogens (tertiary/aromatic N) is 1. The third kappa shape index (κ3) is 1.89. The molecule has 16 heavy (non-hydrogen) atoms. The van der Waals surface area contributed by atoms with Crippen molar-refractivity contribution in [1.29, 1.82) is 0 Å². The van der Waals surface area contributed by atoms with Gasteiger partial charge in [-0.2, -0.15) is 18.3 Å². The predicted molar refractivity (Wildman–Crippen MR) is 46.8 cm³/mol. The van der Waals surface area contributed by atoms with Crippen LogP contribution in [0.2, 0.25) is 0 Å². The van der Waals surface area contributed by atoms with Crippen LogP contribution in [0.3, 0.4) is 0 Å². The number of H-pyrrole nitrogens is 1. The van der Waals surface area contributed by atoms with Crippen molar-refractivity contribution in [2.75, 3.05) is 0 Å². The van der Waals surface area contributed by atoms with Crippen LogP contribution in [-0.2, 0) is 16.4 Å². The minimum absolute atomic E-state index is 0.160. The fraction of sp³-hybridized carbons (Fsp3) is 0.556. The molecule has 1 aliphatic rings. The van der Waals surface area contributed by atoms with Crippen LogP contribution >= 0.6 is 0 Å². The molecule has 0 unspecified atom stereocenters. The number of nitrogens with one attached hydrogen (secondary N) is 1. The molecule has 2 rings (SSSR count). The minimum atomic E-state index is -4.49. The van der Waals surface area contributed by atoms with Crippen LogP contribution in [-0.4, -0.2) is 21.3 Å². The lowest BCUT2D eigenvalue weighted by Gasteiger charge is -2.08. The summed E-state index contributed by atoms with van der Waals surface area (Å²) in [5.41, 5.74) is -1.40. The molecule has 1 saturated carbocycles. The van der Waals surface area contributed by atoms with E-state index in [4.69, 9.17) is 5.11 Å². The van der Waals surface area contributed by atoms with E-state index in [1.54, 1.807) is 0 Å². The Balaban J connectivity index is 2.22. The van der Waals surface area contributed by atoms with E-state index in [2.05, 4.69) is 10.2 Å². The lowest BCUT2D eigenvalue weighted by atomic mass is 9.98.